The largest absolute Gasteiger partial charge is 0.354 e. The van der Waals surface area contributed by atoms with E-state index < -0.39 is 6.04 Å². The van der Waals surface area contributed by atoms with Crippen LogP contribution in [0.4, 0.5) is 0 Å². The molecule has 0 unspecified atom stereocenters. The molecule has 1 amide bonds. The van der Waals surface area contributed by atoms with Crippen molar-refractivity contribution in [3.8, 4) is 0 Å². The monoisotopic (exact) mass is 322 g/mol. The van der Waals surface area contributed by atoms with Crippen molar-refractivity contribution in [2.75, 3.05) is 6.54 Å². The minimum atomic E-state index is -0.423. The number of aryl methyl sites for hydroxylation is 1. The fraction of sp³-hybridized carbons (Fsp3) is 0.400. The van der Waals surface area contributed by atoms with E-state index in [1.165, 1.54) is 16.9 Å². The number of hydrogen-bond donors (Lipinski definition) is 1. The molecular formula is C15H19ClN4O2. The average Bonchev–Trinajstić information content (AvgIpc) is 2.91. The van der Waals surface area contributed by atoms with E-state index in [0.717, 1.165) is 5.69 Å². The predicted octanol–water partition coefficient (Wildman–Crippen LogP) is 1.77. The lowest BCUT2D eigenvalue weighted by atomic mass is 10.3. The lowest BCUT2D eigenvalue weighted by Crippen LogP contribution is -2.33. The summed E-state index contributed by atoms with van der Waals surface area (Å²) in [6.45, 7) is 4.72. The molecule has 0 saturated carbocycles. The van der Waals surface area contributed by atoms with Crippen LogP contribution in [0, 0.1) is 6.92 Å². The van der Waals surface area contributed by atoms with Crippen LogP contribution < -0.4 is 10.9 Å². The van der Waals surface area contributed by atoms with E-state index in [1.54, 1.807) is 23.8 Å². The molecule has 0 saturated heterocycles. The number of hydrogen-bond acceptors (Lipinski definition) is 3. The van der Waals surface area contributed by atoms with Crippen LogP contribution in [0.25, 0.3) is 0 Å². The van der Waals surface area contributed by atoms with Gasteiger partial charge in [0.15, 0.2) is 0 Å². The molecule has 0 spiro atoms. The third-order valence-electron chi connectivity index (χ3n) is 3.47. The van der Waals surface area contributed by atoms with E-state index in [2.05, 4.69) is 10.4 Å². The van der Waals surface area contributed by atoms with Gasteiger partial charge in [0, 0.05) is 31.0 Å². The number of nitrogens with zero attached hydrogens (tertiary/aromatic N) is 3. The molecule has 0 aliphatic rings. The third kappa shape index (κ3) is 3.98. The lowest BCUT2D eigenvalue weighted by molar-refractivity contribution is -0.124. The van der Waals surface area contributed by atoms with Crippen molar-refractivity contribution in [1.82, 2.24) is 19.7 Å². The van der Waals surface area contributed by atoms with Crippen LogP contribution in [0.2, 0.25) is 5.02 Å². The second-order valence-corrected chi connectivity index (χ2v) is 5.55. The molecule has 0 aliphatic carbocycles. The van der Waals surface area contributed by atoms with E-state index in [-0.39, 0.29) is 11.5 Å². The van der Waals surface area contributed by atoms with E-state index in [4.69, 9.17) is 11.6 Å². The van der Waals surface area contributed by atoms with Gasteiger partial charge in [-0.2, -0.15) is 5.10 Å². The highest BCUT2D eigenvalue weighted by atomic mass is 35.5. The summed E-state index contributed by atoms with van der Waals surface area (Å²) in [5.41, 5.74) is 0.893. The molecule has 22 heavy (non-hydrogen) atoms. The highest BCUT2D eigenvalue weighted by molar-refractivity contribution is 6.30. The van der Waals surface area contributed by atoms with Crippen LogP contribution in [0.1, 0.15) is 25.1 Å². The zero-order valence-corrected chi connectivity index (χ0v) is 13.4. The molecule has 118 valence electrons. The smallest absolute Gasteiger partial charge is 0.250 e. The number of carbonyl (C=O) groups is 1. The topological polar surface area (TPSA) is 68.9 Å². The van der Waals surface area contributed by atoms with Crippen molar-refractivity contribution in [3.05, 3.63) is 51.7 Å². The van der Waals surface area contributed by atoms with E-state index in [9.17, 15) is 9.59 Å². The van der Waals surface area contributed by atoms with Crippen LogP contribution in [0.3, 0.4) is 0 Å². The highest BCUT2D eigenvalue weighted by Crippen LogP contribution is 2.10. The maximum atomic E-state index is 12.0. The average molecular weight is 323 g/mol. The van der Waals surface area contributed by atoms with Crippen LogP contribution in [0.5, 0.6) is 0 Å². The maximum Gasteiger partial charge on any atom is 0.250 e. The van der Waals surface area contributed by atoms with Gasteiger partial charge in [0.1, 0.15) is 6.04 Å². The second kappa shape index (κ2) is 7.26. The van der Waals surface area contributed by atoms with Crippen molar-refractivity contribution in [3.63, 3.8) is 0 Å². The summed E-state index contributed by atoms with van der Waals surface area (Å²) in [5, 5.41) is 7.35. The SMILES string of the molecule is Cc1cccc(=O)n1CCCNC(=O)[C@H](C)n1cc(Cl)cn1. The van der Waals surface area contributed by atoms with Crippen LogP contribution in [0.15, 0.2) is 35.4 Å². The Labute approximate surface area is 133 Å². The number of aromatic nitrogens is 3. The number of pyridine rings is 1. The second-order valence-electron chi connectivity index (χ2n) is 5.12. The van der Waals surface area contributed by atoms with Crippen molar-refractivity contribution < 1.29 is 4.79 Å². The fourth-order valence-corrected chi connectivity index (χ4v) is 2.30. The zero-order chi connectivity index (χ0) is 16.1. The van der Waals surface area contributed by atoms with E-state index in [0.29, 0.717) is 24.5 Å². The van der Waals surface area contributed by atoms with E-state index in [1.807, 2.05) is 13.0 Å². The number of nitrogens with one attached hydrogen (secondary N) is 1. The molecule has 0 bridgehead atoms. The summed E-state index contributed by atoms with van der Waals surface area (Å²) in [6, 6.07) is 4.75. The Morgan fingerprint density at radius 1 is 1.45 bits per heavy atom. The standard InChI is InChI=1S/C15H19ClN4O2/c1-11-5-3-6-14(21)19(11)8-4-7-17-15(22)12(2)20-10-13(16)9-18-20/h3,5-6,9-10,12H,4,7-8H2,1-2H3,(H,17,22)/t12-/m0/s1. The Kier molecular flexibility index (Phi) is 5.38. The van der Waals surface area contributed by atoms with Gasteiger partial charge in [-0.25, -0.2) is 0 Å². The van der Waals surface area contributed by atoms with Crippen molar-refractivity contribution >= 4 is 17.5 Å². The number of halogens is 1. The summed E-state index contributed by atoms with van der Waals surface area (Å²) in [4.78, 5) is 23.7. The number of amides is 1. The van der Waals surface area contributed by atoms with Gasteiger partial charge in [-0.3, -0.25) is 14.3 Å². The first-order valence-corrected chi connectivity index (χ1v) is 7.50. The molecule has 6 nitrogen and oxygen atoms in total. The molecule has 2 rings (SSSR count). The highest BCUT2D eigenvalue weighted by Gasteiger charge is 2.15. The maximum absolute atomic E-state index is 12.0. The molecule has 1 N–H and O–H groups in total. The van der Waals surface area contributed by atoms with Crippen molar-refractivity contribution in [2.45, 2.75) is 32.9 Å². The number of rotatable bonds is 6. The minimum Gasteiger partial charge on any atom is -0.354 e. The predicted molar refractivity (Wildman–Crippen MR) is 85.0 cm³/mol. The van der Waals surface area contributed by atoms with Crippen molar-refractivity contribution in [1.29, 1.82) is 0 Å². The molecule has 0 fully saturated rings. The van der Waals surface area contributed by atoms with Crippen molar-refractivity contribution in [2.24, 2.45) is 0 Å². The summed E-state index contributed by atoms with van der Waals surface area (Å²) in [5.74, 6) is -0.128. The van der Waals surface area contributed by atoms with Crippen LogP contribution in [-0.2, 0) is 11.3 Å². The van der Waals surface area contributed by atoms with Gasteiger partial charge in [-0.15, -0.1) is 0 Å². The quantitative estimate of drug-likeness (QED) is 0.824. The van der Waals surface area contributed by atoms with Gasteiger partial charge in [-0.05, 0) is 26.3 Å². The van der Waals surface area contributed by atoms with Gasteiger partial charge >= 0.3 is 0 Å². The summed E-state index contributed by atoms with van der Waals surface area (Å²) < 4.78 is 3.21. The first-order valence-electron chi connectivity index (χ1n) is 7.13. The minimum absolute atomic E-state index is 0.0223. The molecule has 0 aromatic carbocycles. The van der Waals surface area contributed by atoms with Gasteiger partial charge < -0.3 is 9.88 Å². The van der Waals surface area contributed by atoms with Crippen LogP contribution in [-0.4, -0.2) is 26.8 Å². The van der Waals surface area contributed by atoms with Crippen LogP contribution >= 0.6 is 11.6 Å². The fourth-order valence-electron chi connectivity index (χ4n) is 2.15. The summed E-state index contributed by atoms with van der Waals surface area (Å²) in [7, 11) is 0. The van der Waals surface area contributed by atoms with Gasteiger partial charge in [0.05, 0.1) is 11.2 Å². The van der Waals surface area contributed by atoms with Gasteiger partial charge in [0.25, 0.3) is 5.56 Å². The molecule has 7 heteroatoms. The Bertz CT molecular complexity index is 708. The Hall–Kier alpha value is -2.08. The Morgan fingerprint density at radius 2 is 2.23 bits per heavy atom. The molecular weight excluding hydrogens is 304 g/mol. The van der Waals surface area contributed by atoms with Gasteiger partial charge in [-0.1, -0.05) is 17.7 Å². The molecule has 2 heterocycles. The molecule has 1 atom stereocenters. The Morgan fingerprint density at radius 3 is 2.86 bits per heavy atom. The summed E-state index contributed by atoms with van der Waals surface area (Å²) in [6.07, 6.45) is 3.79. The third-order valence-corrected chi connectivity index (χ3v) is 3.67. The van der Waals surface area contributed by atoms with E-state index >= 15 is 0 Å². The molecule has 2 aromatic rings. The number of carbonyl (C=O) groups excluding carboxylic acids is 1. The zero-order valence-electron chi connectivity index (χ0n) is 12.6. The summed E-state index contributed by atoms with van der Waals surface area (Å²) >= 11 is 5.79. The Balaban J connectivity index is 1.81. The van der Waals surface area contributed by atoms with Gasteiger partial charge in [0.2, 0.25) is 5.91 Å². The molecule has 0 radical (unpaired) electrons. The molecule has 0 aliphatic heterocycles. The molecule has 2 aromatic heterocycles. The first kappa shape index (κ1) is 16.3. The lowest BCUT2D eigenvalue weighted by Gasteiger charge is -2.13. The first-order chi connectivity index (χ1) is 10.5. The normalized spacial score (nSPS) is 12.1.